The molecule has 3 heterocycles. The normalized spacial score (nSPS) is 11.1. The summed E-state index contributed by atoms with van der Waals surface area (Å²) in [5, 5.41) is 18.4. The van der Waals surface area contributed by atoms with Gasteiger partial charge in [-0.05, 0) is 42.0 Å². The molecule has 3 aromatic heterocycles. The number of nitrogens with zero attached hydrogens (tertiary/aromatic N) is 4. The molecule has 0 radical (unpaired) electrons. The maximum Gasteiger partial charge on any atom is 0.335 e. The molecule has 0 spiro atoms. The van der Waals surface area contributed by atoms with Gasteiger partial charge < -0.3 is 24.3 Å². The van der Waals surface area contributed by atoms with Crippen LogP contribution in [0.1, 0.15) is 32.1 Å². The van der Waals surface area contributed by atoms with Crippen LogP contribution in [0.25, 0.3) is 22.3 Å². The molecule has 0 amide bonds. The number of aromatic carboxylic acids is 2. The first kappa shape index (κ1) is 28.2. The first-order valence-corrected chi connectivity index (χ1v) is 12.8. The lowest BCUT2D eigenvalue weighted by molar-refractivity contribution is 0.0686. The molecular formula is C30H25FN4O7. The zero-order valence-electron chi connectivity index (χ0n) is 22.4. The van der Waals surface area contributed by atoms with Gasteiger partial charge in [0, 0.05) is 44.0 Å². The molecule has 0 bridgehead atoms. The van der Waals surface area contributed by atoms with Gasteiger partial charge in [-0.1, -0.05) is 18.2 Å². The molecule has 0 saturated carbocycles. The number of rotatable bonds is 11. The van der Waals surface area contributed by atoms with Crippen molar-refractivity contribution < 1.29 is 33.7 Å². The van der Waals surface area contributed by atoms with Gasteiger partial charge in [-0.15, -0.1) is 0 Å². The number of carboxylic acid groups (broad SMARTS) is 2. The number of aromatic nitrogens is 4. The summed E-state index contributed by atoms with van der Waals surface area (Å²) in [5.74, 6) is -1.96. The maximum atomic E-state index is 15.4. The molecule has 0 unspecified atom stereocenters. The third-order valence-corrected chi connectivity index (χ3v) is 6.61. The quantitative estimate of drug-likeness (QED) is 0.239. The van der Waals surface area contributed by atoms with Crippen molar-refractivity contribution in [1.29, 1.82) is 0 Å². The Bertz CT molecular complexity index is 1860. The molecule has 0 aliphatic heterocycles. The number of methoxy groups -OCH3 is 1. The average Bonchev–Trinajstić information content (AvgIpc) is 3.32. The minimum atomic E-state index is -1.20. The summed E-state index contributed by atoms with van der Waals surface area (Å²) < 4.78 is 29.2. The fraction of sp³-hybridized carbons (Fsp3) is 0.167. The largest absolute Gasteiger partial charge is 0.478 e. The molecule has 42 heavy (non-hydrogen) atoms. The van der Waals surface area contributed by atoms with Gasteiger partial charge in [-0.25, -0.2) is 23.9 Å². The summed E-state index contributed by atoms with van der Waals surface area (Å²) >= 11 is 0. The third-order valence-electron chi connectivity index (χ3n) is 6.61. The van der Waals surface area contributed by atoms with Crippen LogP contribution in [0.4, 0.5) is 4.39 Å². The van der Waals surface area contributed by atoms with Crippen molar-refractivity contribution in [1.82, 2.24) is 19.1 Å². The summed E-state index contributed by atoms with van der Waals surface area (Å²) in [6.45, 7) is 0.585. The van der Waals surface area contributed by atoms with Crippen LogP contribution in [0, 0.1) is 5.82 Å². The summed E-state index contributed by atoms with van der Waals surface area (Å²) in [4.78, 5) is 43.7. The molecule has 0 fully saturated rings. The number of carbonyl (C=O) groups is 2. The number of hydrogen-bond donors (Lipinski definition) is 2. The lowest BCUT2D eigenvalue weighted by Crippen LogP contribution is -2.22. The summed E-state index contributed by atoms with van der Waals surface area (Å²) in [6.07, 6.45) is 1.48. The van der Waals surface area contributed by atoms with Gasteiger partial charge >= 0.3 is 11.9 Å². The number of imidazole rings is 1. The van der Waals surface area contributed by atoms with E-state index in [0.717, 1.165) is 6.07 Å². The fourth-order valence-corrected chi connectivity index (χ4v) is 4.43. The smallest absolute Gasteiger partial charge is 0.335 e. The van der Waals surface area contributed by atoms with Crippen LogP contribution in [0.2, 0.25) is 0 Å². The number of pyridine rings is 2. The molecule has 0 aliphatic rings. The van der Waals surface area contributed by atoms with Crippen LogP contribution in [-0.4, -0.2) is 55.0 Å². The van der Waals surface area contributed by atoms with Crippen LogP contribution in [-0.2, 0) is 24.4 Å². The lowest BCUT2D eigenvalue weighted by atomic mass is 10.1. The Labute approximate surface area is 238 Å². The Hall–Kier alpha value is -5.36. The van der Waals surface area contributed by atoms with E-state index in [0.29, 0.717) is 46.8 Å². The van der Waals surface area contributed by atoms with Crippen molar-refractivity contribution in [3.05, 3.63) is 112 Å². The molecule has 214 valence electrons. The Morgan fingerprint density at radius 2 is 1.74 bits per heavy atom. The molecule has 11 nitrogen and oxygen atoms in total. The Balaban J connectivity index is 1.36. The van der Waals surface area contributed by atoms with Crippen molar-refractivity contribution in [3.63, 3.8) is 0 Å². The van der Waals surface area contributed by atoms with E-state index < -0.39 is 23.3 Å². The first-order valence-electron chi connectivity index (χ1n) is 12.8. The second-order valence-electron chi connectivity index (χ2n) is 9.33. The van der Waals surface area contributed by atoms with Gasteiger partial charge in [-0.2, -0.15) is 0 Å². The lowest BCUT2D eigenvalue weighted by Gasteiger charge is -2.11. The summed E-state index contributed by atoms with van der Waals surface area (Å²) in [7, 11) is 1.56. The Kier molecular flexibility index (Phi) is 8.07. The van der Waals surface area contributed by atoms with Crippen molar-refractivity contribution >= 4 is 23.0 Å². The number of fused-ring (bicyclic) bond motifs is 1. The zero-order valence-corrected chi connectivity index (χ0v) is 22.4. The van der Waals surface area contributed by atoms with E-state index in [4.69, 9.17) is 14.6 Å². The summed E-state index contributed by atoms with van der Waals surface area (Å²) in [6, 6.07) is 16.7. The fourth-order valence-electron chi connectivity index (χ4n) is 4.43. The predicted molar refractivity (Wildman–Crippen MR) is 149 cm³/mol. The van der Waals surface area contributed by atoms with Crippen LogP contribution in [0.3, 0.4) is 0 Å². The third kappa shape index (κ3) is 6.03. The van der Waals surface area contributed by atoms with E-state index in [9.17, 15) is 19.5 Å². The predicted octanol–water partition coefficient (Wildman–Crippen LogP) is 4.07. The molecule has 5 rings (SSSR count). The monoisotopic (exact) mass is 572 g/mol. The van der Waals surface area contributed by atoms with Crippen molar-refractivity contribution in [2.75, 3.05) is 13.7 Å². The molecule has 2 N–H and O–H groups in total. The van der Waals surface area contributed by atoms with Crippen LogP contribution >= 0.6 is 0 Å². The van der Waals surface area contributed by atoms with Gasteiger partial charge in [0.2, 0.25) is 5.88 Å². The minimum Gasteiger partial charge on any atom is -0.478 e. The van der Waals surface area contributed by atoms with Gasteiger partial charge in [0.15, 0.2) is 6.73 Å². The highest BCUT2D eigenvalue weighted by Crippen LogP contribution is 2.25. The number of benzene rings is 2. The second kappa shape index (κ2) is 12.0. The molecule has 0 aliphatic carbocycles. The highest BCUT2D eigenvalue weighted by atomic mass is 19.1. The van der Waals surface area contributed by atoms with Crippen molar-refractivity contribution in [3.8, 4) is 17.1 Å². The number of ether oxygens (including phenoxy) is 2. The molecule has 2 aromatic carbocycles. The van der Waals surface area contributed by atoms with Crippen LogP contribution < -0.4 is 10.3 Å². The van der Waals surface area contributed by atoms with Crippen LogP contribution in [0.5, 0.6) is 5.88 Å². The Morgan fingerprint density at radius 1 is 0.952 bits per heavy atom. The Morgan fingerprint density at radius 3 is 2.45 bits per heavy atom. The highest BCUT2D eigenvalue weighted by Gasteiger charge is 2.16. The first-order chi connectivity index (χ1) is 20.2. The van der Waals surface area contributed by atoms with E-state index in [1.54, 1.807) is 49.6 Å². The average molecular weight is 573 g/mol. The number of hydrogen-bond acceptors (Lipinski definition) is 7. The van der Waals surface area contributed by atoms with E-state index in [2.05, 4.69) is 9.97 Å². The van der Waals surface area contributed by atoms with Crippen molar-refractivity contribution in [2.45, 2.75) is 19.7 Å². The van der Waals surface area contributed by atoms with Crippen LogP contribution in [0.15, 0.2) is 77.7 Å². The van der Waals surface area contributed by atoms with Gasteiger partial charge in [-0.3, -0.25) is 9.36 Å². The molecule has 5 aromatic rings. The molecule has 12 heteroatoms. The zero-order chi connectivity index (χ0) is 29.8. The van der Waals surface area contributed by atoms with E-state index >= 15 is 4.39 Å². The molecule has 0 saturated heterocycles. The molecule has 0 atom stereocenters. The van der Waals surface area contributed by atoms with E-state index in [-0.39, 0.29) is 30.2 Å². The van der Waals surface area contributed by atoms with E-state index in [1.807, 2.05) is 4.57 Å². The minimum absolute atomic E-state index is 0.124. The summed E-state index contributed by atoms with van der Waals surface area (Å²) in [5.41, 5.74) is 2.03. The topological polar surface area (TPSA) is 146 Å². The second-order valence-corrected chi connectivity index (χ2v) is 9.33. The molecular weight excluding hydrogens is 547 g/mol. The SMILES string of the molecule is COCCn1c(Cc2ccc(-c3cccc(OCn4ccc(C(=O)O)cc4=O)n3)cc2F)nc2ccc(C(=O)O)cc21. The van der Waals surface area contributed by atoms with Crippen molar-refractivity contribution in [2.24, 2.45) is 0 Å². The number of carboxylic acids is 2. The maximum absolute atomic E-state index is 15.4. The van der Waals surface area contributed by atoms with Gasteiger partial charge in [0.25, 0.3) is 5.56 Å². The highest BCUT2D eigenvalue weighted by molar-refractivity contribution is 5.92. The van der Waals surface area contributed by atoms with Gasteiger partial charge in [0.05, 0.1) is 34.5 Å². The number of halogens is 1. The van der Waals surface area contributed by atoms with Gasteiger partial charge in [0.1, 0.15) is 11.6 Å². The standard InChI is InChI=1S/C30H25FN4O7/c1-41-12-11-35-25-14-20(29(37)38)7-8-24(25)32-26(35)15-18-5-6-19(13-22(18)31)23-3-2-4-27(33-23)42-17-34-10-9-21(30(39)40)16-28(34)36/h2-10,13-14,16H,11-12,15,17H2,1H3,(H,37,38)(H,39,40). The van der Waals surface area contributed by atoms with E-state index in [1.165, 1.54) is 29.0 Å².